The molecule has 1 aromatic heterocycles. The molecule has 17 heavy (non-hydrogen) atoms. The van der Waals surface area contributed by atoms with Crippen molar-refractivity contribution in [2.24, 2.45) is 5.41 Å². The van der Waals surface area contributed by atoms with Gasteiger partial charge in [0.25, 0.3) is 0 Å². The first-order valence-electron chi connectivity index (χ1n) is 5.80. The molecule has 1 aromatic rings. The molecule has 1 heterocycles. The summed E-state index contributed by atoms with van der Waals surface area (Å²) in [7, 11) is 0. The molecule has 1 unspecified atom stereocenters. The summed E-state index contributed by atoms with van der Waals surface area (Å²) in [4.78, 5) is 11.7. The highest BCUT2D eigenvalue weighted by atomic mass is 16.5. The minimum absolute atomic E-state index is 0.267. The highest BCUT2D eigenvalue weighted by Gasteiger charge is 2.46. The summed E-state index contributed by atoms with van der Waals surface area (Å²) < 4.78 is 4.98. The Hall–Kier alpha value is -1.65. The minimum atomic E-state index is -0.358. The lowest BCUT2D eigenvalue weighted by molar-refractivity contribution is 0.0527. The van der Waals surface area contributed by atoms with Crippen molar-refractivity contribution in [3.8, 4) is 0 Å². The smallest absolute Gasteiger partial charge is 0.342 e. The number of hydrogen-bond acceptors (Lipinski definition) is 5. The van der Waals surface area contributed by atoms with Gasteiger partial charge >= 0.3 is 5.97 Å². The lowest BCUT2D eigenvalue weighted by Gasteiger charge is -2.10. The van der Waals surface area contributed by atoms with E-state index in [9.17, 15) is 4.79 Å². The van der Waals surface area contributed by atoms with Crippen molar-refractivity contribution in [2.75, 3.05) is 11.9 Å². The van der Waals surface area contributed by atoms with E-state index in [-0.39, 0.29) is 11.4 Å². The standard InChI is InChI=1S/C12H17N3O2/c1-4-17-11(16)8-5-6-13-15-10(8)14-9-7-12(9,2)3/h5-6,9H,4,7H2,1-3H3,(H,14,15). The van der Waals surface area contributed by atoms with Crippen molar-refractivity contribution >= 4 is 11.8 Å². The highest BCUT2D eigenvalue weighted by molar-refractivity contribution is 5.94. The second-order valence-corrected chi connectivity index (χ2v) is 4.90. The van der Waals surface area contributed by atoms with E-state index in [0.717, 1.165) is 6.42 Å². The number of nitrogens with one attached hydrogen (secondary N) is 1. The Morgan fingerprint density at radius 3 is 2.94 bits per heavy atom. The van der Waals surface area contributed by atoms with E-state index in [1.54, 1.807) is 13.0 Å². The second-order valence-electron chi connectivity index (χ2n) is 4.90. The number of nitrogens with zero attached hydrogens (tertiary/aromatic N) is 2. The van der Waals surface area contributed by atoms with Gasteiger partial charge in [0.05, 0.1) is 12.8 Å². The van der Waals surface area contributed by atoms with Crippen LogP contribution in [0.15, 0.2) is 12.3 Å². The number of rotatable bonds is 4. The van der Waals surface area contributed by atoms with E-state index >= 15 is 0 Å². The fourth-order valence-electron chi connectivity index (χ4n) is 1.69. The van der Waals surface area contributed by atoms with Gasteiger partial charge in [-0.15, -0.1) is 5.10 Å². The largest absolute Gasteiger partial charge is 0.462 e. The molecule has 1 saturated carbocycles. The zero-order valence-corrected chi connectivity index (χ0v) is 10.4. The first kappa shape index (κ1) is 11.8. The van der Waals surface area contributed by atoms with Crippen molar-refractivity contribution < 1.29 is 9.53 Å². The van der Waals surface area contributed by atoms with Crippen LogP contribution in [0.5, 0.6) is 0 Å². The first-order chi connectivity index (χ1) is 8.04. The van der Waals surface area contributed by atoms with Crippen LogP contribution in [-0.4, -0.2) is 28.8 Å². The zero-order valence-electron chi connectivity index (χ0n) is 10.4. The third-order valence-electron chi connectivity index (χ3n) is 3.04. The van der Waals surface area contributed by atoms with Gasteiger partial charge in [0, 0.05) is 6.04 Å². The molecule has 1 fully saturated rings. The molecule has 0 saturated heterocycles. The number of carbonyl (C=O) groups is 1. The second kappa shape index (κ2) is 4.31. The predicted molar refractivity (Wildman–Crippen MR) is 63.8 cm³/mol. The number of esters is 1. The zero-order chi connectivity index (χ0) is 12.5. The van der Waals surface area contributed by atoms with E-state index < -0.39 is 0 Å². The molecule has 0 radical (unpaired) electrons. The van der Waals surface area contributed by atoms with Gasteiger partial charge in [-0.25, -0.2) is 4.79 Å². The topological polar surface area (TPSA) is 64.1 Å². The maximum atomic E-state index is 11.7. The van der Waals surface area contributed by atoms with Gasteiger partial charge in [-0.1, -0.05) is 13.8 Å². The van der Waals surface area contributed by atoms with E-state index in [4.69, 9.17) is 4.74 Å². The summed E-state index contributed by atoms with van der Waals surface area (Å²) in [6.45, 7) is 6.48. The minimum Gasteiger partial charge on any atom is -0.462 e. The molecule has 1 aliphatic rings. The lowest BCUT2D eigenvalue weighted by atomic mass is 10.2. The van der Waals surface area contributed by atoms with Crippen LogP contribution in [0.2, 0.25) is 0 Å². The maximum absolute atomic E-state index is 11.7. The number of anilines is 1. The Kier molecular flexibility index (Phi) is 3.00. The Morgan fingerprint density at radius 2 is 2.35 bits per heavy atom. The molecule has 0 aromatic carbocycles. The lowest BCUT2D eigenvalue weighted by Crippen LogP contribution is -2.15. The van der Waals surface area contributed by atoms with Crippen molar-refractivity contribution in [1.29, 1.82) is 0 Å². The van der Waals surface area contributed by atoms with Crippen molar-refractivity contribution in [1.82, 2.24) is 10.2 Å². The molecule has 5 heteroatoms. The molecule has 92 valence electrons. The first-order valence-corrected chi connectivity index (χ1v) is 5.80. The van der Waals surface area contributed by atoms with Gasteiger partial charge in [0.15, 0.2) is 5.82 Å². The van der Waals surface area contributed by atoms with Gasteiger partial charge in [-0.3, -0.25) is 0 Å². The van der Waals surface area contributed by atoms with Crippen LogP contribution in [0.3, 0.4) is 0 Å². The monoisotopic (exact) mass is 235 g/mol. The molecule has 1 atom stereocenters. The fourth-order valence-corrected chi connectivity index (χ4v) is 1.69. The van der Waals surface area contributed by atoms with Gasteiger partial charge < -0.3 is 10.1 Å². The molecule has 0 aliphatic heterocycles. The summed E-state index contributed by atoms with van der Waals surface area (Å²) in [5.41, 5.74) is 0.716. The van der Waals surface area contributed by atoms with Crippen LogP contribution in [0, 0.1) is 5.41 Å². The van der Waals surface area contributed by atoms with E-state index in [1.165, 1.54) is 6.20 Å². The Bertz CT molecular complexity index is 432. The summed E-state index contributed by atoms with van der Waals surface area (Å²) in [5, 5.41) is 11.0. The Labute approximate surface area is 101 Å². The summed E-state index contributed by atoms with van der Waals surface area (Å²) in [6, 6.07) is 1.98. The van der Waals surface area contributed by atoms with E-state index in [1.807, 2.05) is 0 Å². The fraction of sp³-hybridized carbons (Fsp3) is 0.583. The maximum Gasteiger partial charge on any atom is 0.342 e. The van der Waals surface area contributed by atoms with Gasteiger partial charge in [0.2, 0.25) is 0 Å². The van der Waals surface area contributed by atoms with Crippen LogP contribution >= 0.6 is 0 Å². The highest BCUT2D eigenvalue weighted by Crippen LogP contribution is 2.46. The van der Waals surface area contributed by atoms with Crippen molar-refractivity contribution in [3.05, 3.63) is 17.8 Å². The van der Waals surface area contributed by atoms with Crippen molar-refractivity contribution in [2.45, 2.75) is 33.2 Å². The number of aromatic nitrogens is 2. The summed E-state index contributed by atoms with van der Waals surface area (Å²) in [6.07, 6.45) is 2.57. The van der Waals surface area contributed by atoms with Gasteiger partial charge in [0.1, 0.15) is 5.56 Å². The Morgan fingerprint density at radius 1 is 1.65 bits per heavy atom. The number of hydrogen-bond donors (Lipinski definition) is 1. The normalized spacial score (nSPS) is 20.8. The molecule has 1 aliphatic carbocycles. The van der Waals surface area contributed by atoms with Crippen molar-refractivity contribution in [3.63, 3.8) is 0 Å². The molecule has 1 N–H and O–H groups in total. The van der Waals surface area contributed by atoms with Crippen LogP contribution in [-0.2, 0) is 4.74 Å². The molecular formula is C12H17N3O2. The van der Waals surface area contributed by atoms with Crippen LogP contribution in [0.1, 0.15) is 37.6 Å². The average molecular weight is 235 g/mol. The van der Waals surface area contributed by atoms with E-state index in [2.05, 4.69) is 29.4 Å². The molecule has 2 rings (SSSR count). The van der Waals surface area contributed by atoms with Gasteiger partial charge in [-0.05, 0) is 24.8 Å². The number of carbonyl (C=O) groups excluding carboxylic acids is 1. The van der Waals surface area contributed by atoms with Crippen LogP contribution in [0.25, 0.3) is 0 Å². The quantitative estimate of drug-likeness (QED) is 0.807. The molecular weight excluding hydrogens is 218 g/mol. The average Bonchev–Trinajstić information content (AvgIpc) is 2.87. The van der Waals surface area contributed by atoms with E-state index in [0.29, 0.717) is 24.0 Å². The SMILES string of the molecule is CCOC(=O)c1ccnnc1NC1CC1(C)C. The van der Waals surface area contributed by atoms with Crippen LogP contribution in [0.4, 0.5) is 5.82 Å². The van der Waals surface area contributed by atoms with Crippen LogP contribution < -0.4 is 5.32 Å². The van der Waals surface area contributed by atoms with Gasteiger partial charge in [-0.2, -0.15) is 5.10 Å². The predicted octanol–water partition coefficient (Wildman–Crippen LogP) is 1.86. The molecule has 0 spiro atoms. The summed E-state index contributed by atoms with van der Waals surface area (Å²) >= 11 is 0. The molecule has 0 amide bonds. The number of ether oxygens (including phenoxy) is 1. The third-order valence-corrected chi connectivity index (χ3v) is 3.04. The third kappa shape index (κ3) is 2.54. The Balaban J connectivity index is 2.14. The molecule has 5 nitrogen and oxygen atoms in total. The molecule has 0 bridgehead atoms. The summed E-state index contributed by atoms with van der Waals surface area (Å²) in [5.74, 6) is 0.157.